The molecule has 0 atom stereocenters. The van der Waals surface area contributed by atoms with E-state index in [1.807, 2.05) is 44.8 Å². The Hall–Kier alpha value is -4.48. The molecule has 12 nitrogen and oxygen atoms in total. The van der Waals surface area contributed by atoms with Gasteiger partial charge in [0.25, 0.3) is 0 Å². The molecule has 1 aliphatic rings. The van der Waals surface area contributed by atoms with Gasteiger partial charge in [0.1, 0.15) is 17.1 Å². The van der Waals surface area contributed by atoms with Crippen molar-refractivity contribution in [2.24, 2.45) is 7.05 Å². The highest BCUT2D eigenvalue weighted by Gasteiger charge is 2.29. The van der Waals surface area contributed by atoms with Crippen LogP contribution >= 0.6 is 0 Å². The van der Waals surface area contributed by atoms with E-state index in [-0.39, 0.29) is 23.6 Å². The van der Waals surface area contributed by atoms with E-state index in [0.717, 1.165) is 47.8 Å². The van der Waals surface area contributed by atoms with Gasteiger partial charge >= 0.3 is 12.1 Å². The van der Waals surface area contributed by atoms with Gasteiger partial charge in [-0.15, -0.1) is 0 Å². The lowest BCUT2D eigenvalue weighted by atomic mass is 9.93. The highest BCUT2D eigenvalue weighted by Crippen LogP contribution is 2.37. The second-order valence-electron chi connectivity index (χ2n) is 11.0. The van der Waals surface area contributed by atoms with E-state index >= 15 is 0 Å². The molecule has 0 bridgehead atoms. The Balaban J connectivity index is 1.43. The molecule has 0 unspecified atom stereocenters. The number of amides is 1. The van der Waals surface area contributed by atoms with Crippen LogP contribution in [0.25, 0.3) is 22.2 Å². The summed E-state index contributed by atoms with van der Waals surface area (Å²) < 4.78 is 15.3. The summed E-state index contributed by atoms with van der Waals surface area (Å²) >= 11 is 0. The summed E-state index contributed by atoms with van der Waals surface area (Å²) in [5.41, 5.74) is 1.77. The summed E-state index contributed by atoms with van der Waals surface area (Å²) in [5, 5.41) is 19.6. The number of pyridine rings is 2. The predicted molar refractivity (Wildman–Crippen MR) is 147 cm³/mol. The summed E-state index contributed by atoms with van der Waals surface area (Å²) in [6.07, 6.45) is 9.22. The number of carbonyl (C=O) groups is 2. The van der Waals surface area contributed by atoms with Gasteiger partial charge in [-0.3, -0.25) is 14.3 Å². The highest BCUT2D eigenvalue weighted by molar-refractivity contribution is 5.96. The van der Waals surface area contributed by atoms with Gasteiger partial charge in [0, 0.05) is 49.7 Å². The fourth-order valence-corrected chi connectivity index (χ4v) is 4.90. The average Bonchev–Trinajstić information content (AvgIpc) is 3.51. The molecule has 1 aliphatic carbocycles. The van der Waals surface area contributed by atoms with Gasteiger partial charge in [0.15, 0.2) is 11.4 Å². The Bertz CT molecular complexity index is 1550. The SMILES string of the molecule is CN(C(=O)OC(C)(C)C)c1cc2c(cn1)c(-c1cnn(C)c1)nn2[C@H]1CC[C@@H](Oc2cccnc2C(=O)O)CC1. The molecule has 0 spiro atoms. The zero-order chi connectivity index (χ0) is 28.6. The molecule has 0 saturated heterocycles. The van der Waals surface area contributed by atoms with Crippen molar-refractivity contribution < 1.29 is 24.2 Å². The quantitative estimate of drug-likeness (QED) is 0.359. The monoisotopic (exact) mass is 547 g/mol. The van der Waals surface area contributed by atoms with E-state index in [9.17, 15) is 14.7 Å². The van der Waals surface area contributed by atoms with Gasteiger partial charge in [-0.1, -0.05) is 0 Å². The molecular weight excluding hydrogens is 514 g/mol. The predicted octanol–water partition coefficient (Wildman–Crippen LogP) is 4.86. The highest BCUT2D eigenvalue weighted by atomic mass is 16.6. The first-order chi connectivity index (χ1) is 19.0. The van der Waals surface area contributed by atoms with Crippen molar-refractivity contribution in [3.8, 4) is 17.0 Å². The molecule has 40 heavy (non-hydrogen) atoms. The molecule has 1 N–H and O–H groups in total. The number of anilines is 1. The van der Waals surface area contributed by atoms with Crippen LogP contribution in [0.5, 0.6) is 5.75 Å². The normalized spacial score (nSPS) is 17.5. The van der Waals surface area contributed by atoms with Crippen molar-refractivity contribution in [2.75, 3.05) is 11.9 Å². The van der Waals surface area contributed by atoms with Crippen LogP contribution in [0.15, 0.2) is 43.0 Å². The van der Waals surface area contributed by atoms with Crippen LogP contribution in [0.3, 0.4) is 0 Å². The Labute approximate surface area is 231 Å². The van der Waals surface area contributed by atoms with E-state index in [1.165, 1.54) is 11.1 Å². The van der Waals surface area contributed by atoms with Crippen molar-refractivity contribution in [2.45, 2.75) is 64.2 Å². The number of aryl methyl sites for hydroxylation is 1. The van der Waals surface area contributed by atoms with Gasteiger partial charge in [0.05, 0.1) is 23.9 Å². The van der Waals surface area contributed by atoms with Crippen molar-refractivity contribution in [3.63, 3.8) is 0 Å². The van der Waals surface area contributed by atoms with Crippen molar-refractivity contribution in [1.82, 2.24) is 29.5 Å². The molecule has 4 aromatic rings. The number of fused-ring (bicyclic) bond motifs is 1. The molecule has 5 rings (SSSR count). The molecule has 4 heterocycles. The van der Waals surface area contributed by atoms with E-state index in [2.05, 4.69) is 15.1 Å². The topological polar surface area (TPSA) is 137 Å². The van der Waals surface area contributed by atoms with Gasteiger partial charge in [-0.05, 0) is 58.6 Å². The minimum absolute atomic E-state index is 0.0719. The Kier molecular flexibility index (Phi) is 7.17. The maximum Gasteiger partial charge on any atom is 0.415 e. The molecule has 1 fully saturated rings. The molecule has 0 aliphatic heterocycles. The summed E-state index contributed by atoms with van der Waals surface area (Å²) in [7, 11) is 3.49. The van der Waals surface area contributed by atoms with E-state index in [4.69, 9.17) is 14.6 Å². The summed E-state index contributed by atoms with van der Waals surface area (Å²) in [4.78, 5) is 34.2. The van der Waals surface area contributed by atoms with Crippen LogP contribution in [-0.4, -0.2) is 65.5 Å². The molecule has 0 aromatic carbocycles. The van der Waals surface area contributed by atoms with Gasteiger partial charge in [-0.25, -0.2) is 19.6 Å². The van der Waals surface area contributed by atoms with Gasteiger partial charge in [-0.2, -0.15) is 10.2 Å². The molecule has 0 radical (unpaired) electrons. The fraction of sp³-hybridized carbons (Fsp3) is 0.429. The lowest BCUT2D eigenvalue weighted by Gasteiger charge is -2.30. The van der Waals surface area contributed by atoms with Crippen LogP contribution < -0.4 is 9.64 Å². The number of rotatable bonds is 6. The van der Waals surface area contributed by atoms with Crippen molar-refractivity contribution >= 4 is 28.8 Å². The van der Waals surface area contributed by atoms with Gasteiger partial charge < -0.3 is 14.6 Å². The zero-order valence-electron chi connectivity index (χ0n) is 23.2. The minimum Gasteiger partial charge on any atom is -0.488 e. The zero-order valence-corrected chi connectivity index (χ0v) is 23.2. The Morgan fingerprint density at radius 2 is 1.88 bits per heavy atom. The molecule has 12 heteroatoms. The van der Waals surface area contributed by atoms with Gasteiger partial charge in [0.2, 0.25) is 0 Å². The lowest BCUT2D eigenvalue weighted by Crippen LogP contribution is -2.34. The minimum atomic E-state index is -1.11. The number of carbonyl (C=O) groups excluding carboxylic acids is 1. The second kappa shape index (κ2) is 10.6. The fourth-order valence-electron chi connectivity index (χ4n) is 4.90. The average molecular weight is 548 g/mol. The first-order valence-electron chi connectivity index (χ1n) is 13.2. The smallest absolute Gasteiger partial charge is 0.415 e. The molecule has 4 aromatic heterocycles. The van der Waals surface area contributed by atoms with Crippen LogP contribution in [-0.2, 0) is 11.8 Å². The van der Waals surface area contributed by atoms with E-state index in [0.29, 0.717) is 5.82 Å². The third kappa shape index (κ3) is 5.61. The number of carboxylic acid groups (broad SMARTS) is 1. The number of hydrogen-bond donors (Lipinski definition) is 1. The van der Waals surface area contributed by atoms with Crippen LogP contribution in [0.4, 0.5) is 10.6 Å². The van der Waals surface area contributed by atoms with Crippen molar-refractivity contribution in [3.05, 3.63) is 48.7 Å². The second-order valence-corrected chi connectivity index (χ2v) is 11.0. The number of aromatic carboxylic acids is 1. The number of carboxylic acids is 1. The van der Waals surface area contributed by atoms with Crippen molar-refractivity contribution in [1.29, 1.82) is 0 Å². The number of aromatic nitrogens is 6. The standard InChI is InChI=1S/C28H33N7O5/c1-28(2,3)40-27(38)34(5)23-13-21-20(15-30-23)24(17-14-31-33(4)16-17)32-35(21)18-8-10-19(11-9-18)39-22-7-6-12-29-25(22)26(36)37/h6-7,12-16,18-19H,8-11H2,1-5H3,(H,36,37)/t18-,19+. The van der Waals surface area contributed by atoms with E-state index < -0.39 is 17.7 Å². The molecule has 1 amide bonds. The molecular formula is C28H33N7O5. The number of hydrogen-bond acceptors (Lipinski definition) is 8. The Morgan fingerprint density at radius 1 is 1.12 bits per heavy atom. The molecule has 1 saturated carbocycles. The summed E-state index contributed by atoms with van der Waals surface area (Å²) in [6.45, 7) is 5.46. The van der Waals surface area contributed by atoms with E-state index in [1.54, 1.807) is 36.3 Å². The third-order valence-corrected chi connectivity index (χ3v) is 6.82. The number of ether oxygens (including phenoxy) is 2. The Morgan fingerprint density at radius 3 is 2.52 bits per heavy atom. The first-order valence-corrected chi connectivity index (χ1v) is 13.2. The van der Waals surface area contributed by atoms with Crippen LogP contribution in [0, 0.1) is 0 Å². The summed E-state index contributed by atoms with van der Waals surface area (Å²) in [5.74, 6) is -0.380. The first kappa shape index (κ1) is 27.1. The summed E-state index contributed by atoms with van der Waals surface area (Å²) in [6, 6.07) is 5.24. The molecule has 210 valence electrons. The van der Waals surface area contributed by atoms with Crippen LogP contribution in [0.1, 0.15) is 63.0 Å². The largest absolute Gasteiger partial charge is 0.488 e. The third-order valence-electron chi connectivity index (χ3n) is 6.82. The lowest BCUT2D eigenvalue weighted by molar-refractivity contribution is 0.0587. The van der Waals surface area contributed by atoms with Crippen LogP contribution in [0.2, 0.25) is 0 Å². The maximum absolute atomic E-state index is 12.7. The number of nitrogens with zero attached hydrogens (tertiary/aromatic N) is 7. The maximum atomic E-state index is 12.7.